The van der Waals surface area contributed by atoms with Gasteiger partial charge in [-0.1, -0.05) is 29.8 Å². The summed E-state index contributed by atoms with van der Waals surface area (Å²) in [7, 11) is 0. The summed E-state index contributed by atoms with van der Waals surface area (Å²) in [4.78, 5) is 15.3. The largest absolute Gasteiger partial charge is 0.378 e. The Morgan fingerprint density at radius 2 is 1.71 bits per heavy atom. The number of hydrazone groups is 1. The van der Waals surface area contributed by atoms with Crippen molar-refractivity contribution < 1.29 is 9.13 Å². The first-order valence-corrected chi connectivity index (χ1v) is 9.70. The molecular formula is C20H20Cl2FN7O. The number of nitrogens with one attached hydrogen (secondary N) is 2. The monoisotopic (exact) mass is 463 g/mol. The predicted octanol–water partition coefficient (Wildman–Crippen LogP) is 4.11. The number of benzene rings is 2. The Balaban J connectivity index is 0.00000272. The van der Waals surface area contributed by atoms with Crippen LogP contribution in [0.1, 0.15) is 5.56 Å². The molecule has 1 aliphatic heterocycles. The molecule has 31 heavy (non-hydrogen) atoms. The van der Waals surface area contributed by atoms with Gasteiger partial charge >= 0.3 is 0 Å². The Kier molecular flexibility index (Phi) is 7.94. The summed E-state index contributed by atoms with van der Waals surface area (Å²) in [6.45, 7) is 2.53. The molecule has 0 amide bonds. The van der Waals surface area contributed by atoms with Crippen molar-refractivity contribution >= 4 is 53.8 Å². The molecule has 0 bridgehead atoms. The van der Waals surface area contributed by atoms with Crippen LogP contribution in [0.4, 0.5) is 27.9 Å². The Morgan fingerprint density at radius 3 is 2.45 bits per heavy atom. The van der Waals surface area contributed by atoms with E-state index in [-0.39, 0.29) is 24.2 Å². The van der Waals surface area contributed by atoms with Crippen LogP contribution in [-0.2, 0) is 4.74 Å². The average Bonchev–Trinajstić information content (AvgIpc) is 2.77. The van der Waals surface area contributed by atoms with Crippen molar-refractivity contribution in [2.45, 2.75) is 0 Å². The molecule has 2 heterocycles. The number of hydrogen-bond acceptors (Lipinski definition) is 8. The lowest BCUT2D eigenvalue weighted by molar-refractivity contribution is 0.122. The molecule has 1 aromatic heterocycles. The number of rotatable bonds is 6. The zero-order chi connectivity index (χ0) is 20.8. The van der Waals surface area contributed by atoms with Crippen LogP contribution in [0, 0.1) is 5.82 Å². The van der Waals surface area contributed by atoms with E-state index in [0.29, 0.717) is 48.9 Å². The van der Waals surface area contributed by atoms with E-state index in [4.69, 9.17) is 16.3 Å². The number of nitrogens with zero attached hydrogens (tertiary/aromatic N) is 5. The molecule has 4 rings (SSSR count). The van der Waals surface area contributed by atoms with Crippen LogP contribution in [0.5, 0.6) is 0 Å². The average molecular weight is 464 g/mol. The van der Waals surface area contributed by atoms with E-state index in [1.54, 1.807) is 24.4 Å². The van der Waals surface area contributed by atoms with Crippen molar-refractivity contribution in [2.75, 3.05) is 41.9 Å². The lowest BCUT2D eigenvalue weighted by Gasteiger charge is -2.27. The normalized spacial score (nSPS) is 13.7. The topological polar surface area (TPSA) is 87.6 Å². The highest BCUT2D eigenvalue weighted by Crippen LogP contribution is 2.19. The van der Waals surface area contributed by atoms with Crippen LogP contribution in [-0.4, -0.2) is 47.5 Å². The summed E-state index contributed by atoms with van der Waals surface area (Å²) < 4.78 is 18.6. The number of morpholine rings is 1. The van der Waals surface area contributed by atoms with E-state index in [9.17, 15) is 4.39 Å². The van der Waals surface area contributed by atoms with Crippen LogP contribution >= 0.6 is 24.0 Å². The maximum atomic E-state index is 13.2. The number of aromatic nitrogens is 3. The fourth-order valence-corrected chi connectivity index (χ4v) is 2.96. The van der Waals surface area contributed by atoms with E-state index in [1.807, 2.05) is 23.1 Å². The molecule has 3 aromatic rings. The van der Waals surface area contributed by atoms with Gasteiger partial charge in [0.2, 0.25) is 17.8 Å². The molecule has 11 heteroatoms. The minimum absolute atomic E-state index is 0. The minimum atomic E-state index is -0.318. The van der Waals surface area contributed by atoms with Gasteiger partial charge in [0.05, 0.1) is 19.4 Å². The zero-order valence-electron chi connectivity index (χ0n) is 16.3. The molecule has 162 valence electrons. The lowest BCUT2D eigenvalue weighted by Crippen LogP contribution is -2.37. The first kappa shape index (κ1) is 22.7. The Labute approximate surface area is 189 Å². The minimum Gasteiger partial charge on any atom is -0.378 e. The van der Waals surface area contributed by atoms with Gasteiger partial charge in [-0.3, -0.25) is 0 Å². The van der Waals surface area contributed by atoms with Gasteiger partial charge in [-0.25, -0.2) is 9.82 Å². The molecule has 0 unspecified atom stereocenters. The summed E-state index contributed by atoms with van der Waals surface area (Å²) in [6.07, 6.45) is 1.59. The van der Waals surface area contributed by atoms with Crippen LogP contribution in [0.25, 0.3) is 0 Å². The first-order valence-electron chi connectivity index (χ1n) is 9.32. The molecule has 0 aliphatic carbocycles. The maximum absolute atomic E-state index is 13.2. The quantitative estimate of drug-likeness (QED) is 0.419. The molecule has 0 radical (unpaired) electrons. The van der Waals surface area contributed by atoms with E-state index in [1.165, 1.54) is 12.1 Å². The molecule has 1 aliphatic rings. The van der Waals surface area contributed by atoms with Gasteiger partial charge in [0.25, 0.3) is 0 Å². The molecule has 1 fully saturated rings. The van der Waals surface area contributed by atoms with Crippen molar-refractivity contribution in [3.05, 3.63) is 64.9 Å². The van der Waals surface area contributed by atoms with Crippen molar-refractivity contribution in [3.8, 4) is 0 Å². The fourth-order valence-electron chi connectivity index (χ4n) is 2.78. The summed E-state index contributed by atoms with van der Waals surface area (Å²) in [6, 6.07) is 13.3. The maximum Gasteiger partial charge on any atom is 0.250 e. The number of halogens is 3. The van der Waals surface area contributed by atoms with Gasteiger partial charge in [-0.2, -0.15) is 20.1 Å². The SMILES string of the molecule is Cl.Fc1ccc(Nc2nc(NN=Cc3ccccc3Cl)nc(N3CCOCC3)n2)cc1. The Bertz CT molecular complexity index is 1030. The number of ether oxygens (including phenoxy) is 1. The second kappa shape index (κ2) is 10.9. The molecule has 0 spiro atoms. The van der Waals surface area contributed by atoms with Gasteiger partial charge in [0.15, 0.2) is 0 Å². The summed E-state index contributed by atoms with van der Waals surface area (Å²) >= 11 is 6.14. The van der Waals surface area contributed by atoms with Crippen LogP contribution in [0.2, 0.25) is 5.02 Å². The fraction of sp³-hybridized carbons (Fsp3) is 0.200. The molecule has 1 saturated heterocycles. The standard InChI is InChI=1S/C20H19ClFN7O.ClH/c21-17-4-2-1-3-14(17)13-23-28-19-25-18(24-16-7-5-15(22)6-8-16)26-20(27-19)29-9-11-30-12-10-29;/h1-8,13H,9-12H2,(H2,24,25,26,27,28);1H. The van der Waals surface area contributed by atoms with E-state index in [0.717, 1.165) is 5.56 Å². The van der Waals surface area contributed by atoms with Gasteiger partial charge in [0.1, 0.15) is 5.82 Å². The smallest absolute Gasteiger partial charge is 0.250 e. The third-order valence-corrected chi connectivity index (χ3v) is 4.64. The molecule has 0 saturated carbocycles. The van der Waals surface area contributed by atoms with Gasteiger partial charge < -0.3 is 15.0 Å². The zero-order valence-corrected chi connectivity index (χ0v) is 17.9. The molecule has 2 aromatic carbocycles. The third kappa shape index (κ3) is 6.24. The van der Waals surface area contributed by atoms with Gasteiger partial charge in [0, 0.05) is 29.4 Å². The van der Waals surface area contributed by atoms with Crippen molar-refractivity contribution in [2.24, 2.45) is 5.10 Å². The Morgan fingerprint density at radius 1 is 1.00 bits per heavy atom. The van der Waals surface area contributed by atoms with Crippen molar-refractivity contribution in [1.82, 2.24) is 15.0 Å². The lowest BCUT2D eigenvalue weighted by atomic mass is 10.2. The molecule has 8 nitrogen and oxygen atoms in total. The molecule has 2 N–H and O–H groups in total. The summed E-state index contributed by atoms with van der Waals surface area (Å²) in [5.41, 5.74) is 4.24. The highest BCUT2D eigenvalue weighted by molar-refractivity contribution is 6.33. The van der Waals surface area contributed by atoms with Gasteiger partial charge in [-0.15, -0.1) is 12.4 Å². The highest BCUT2D eigenvalue weighted by atomic mass is 35.5. The van der Waals surface area contributed by atoms with E-state index >= 15 is 0 Å². The van der Waals surface area contributed by atoms with Crippen molar-refractivity contribution in [1.29, 1.82) is 0 Å². The van der Waals surface area contributed by atoms with Gasteiger partial charge in [-0.05, 0) is 30.3 Å². The van der Waals surface area contributed by atoms with E-state index < -0.39 is 0 Å². The number of anilines is 4. The van der Waals surface area contributed by atoms with E-state index in [2.05, 4.69) is 30.8 Å². The van der Waals surface area contributed by atoms with Crippen LogP contribution in [0.15, 0.2) is 53.6 Å². The molecular weight excluding hydrogens is 444 g/mol. The van der Waals surface area contributed by atoms with Crippen molar-refractivity contribution in [3.63, 3.8) is 0 Å². The second-order valence-electron chi connectivity index (χ2n) is 6.41. The molecule has 0 atom stereocenters. The summed E-state index contributed by atoms with van der Waals surface area (Å²) in [5.74, 6) is 0.753. The predicted molar refractivity (Wildman–Crippen MR) is 122 cm³/mol. The Hall–Kier alpha value is -3.01. The van der Waals surface area contributed by atoms with Crippen LogP contribution in [0.3, 0.4) is 0 Å². The second-order valence-corrected chi connectivity index (χ2v) is 6.81. The van der Waals surface area contributed by atoms with Crippen LogP contribution < -0.4 is 15.6 Å². The number of hydrogen-bond donors (Lipinski definition) is 2. The summed E-state index contributed by atoms with van der Waals surface area (Å²) in [5, 5.41) is 7.84. The third-order valence-electron chi connectivity index (χ3n) is 4.29. The highest BCUT2D eigenvalue weighted by Gasteiger charge is 2.16. The first-order chi connectivity index (χ1) is 14.7.